The molecule has 0 aliphatic carbocycles. The number of nitrogens with zero attached hydrogens (tertiary/aromatic N) is 3. The van der Waals surface area contributed by atoms with Crippen LogP contribution in [0.5, 0.6) is 0 Å². The molecule has 4 atom stereocenters. The molecule has 2 saturated heterocycles. The molecule has 0 amide bonds. The summed E-state index contributed by atoms with van der Waals surface area (Å²) in [5, 5.41) is 0. The summed E-state index contributed by atoms with van der Waals surface area (Å²) in [6.07, 6.45) is 7.44. The van der Waals surface area contributed by atoms with Gasteiger partial charge in [-0.25, -0.2) is 14.5 Å². The number of fused-ring (bicyclic) bond motifs is 2. The number of phosphoric acid groups is 1. The fourth-order valence-electron chi connectivity index (χ4n) is 3.87. The normalized spacial score (nSPS) is 28.8. The number of aryl methyl sites for hydroxylation is 1. The van der Waals surface area contributed by atoms with E-state index in [1.165, 1.54) is 25.6 Å². The van der Waals surface area contributed by atoms with E-state index in [0.717, 1.165) is 19.3 Å². The van der Waals surface area contributed by atoms with Crippen molar-refractivity contribution in [3.05, 3.63) is 22.5 Å². The molecule has 2 fully saturated rings. The molecular weight excluding hydrogens is 411 g/mol. The summed E-state index contributed by atoms with van der Waals surface area (Å²) in [4.78, 5) is 23.2. The van der Waals surface area contributed by atoms with E-state index in [9.17, 15) is 9.36 Å². The molecule has 2 aliphatic heterocycles. The number of ether oxygens (including phenoxy) is 1. The van der Waals surface area contributed by atoms with Gasteiger partial charge in [-0.05, 0) is 13.3 Å². The zero-order chi connectivity index (χ0) is 21.1. The van der Waals surface area contributed by atoms with E-state index < -0.39 is 20.2 Å². The van der Waals surface area contributed by atoms with Crippen LogP contribution < -0.4 is 5.56 Å². The third kappa shape index (κ3) is 4.68. The lowest BCUT2D eigenvalue weighted by molar-refractivity contribution is -0.0706. The molecule has 11 heteroatoms. The van der Waals surface area contributed by atoms with E-state index in [0.29, 0.717) is 24.5 Å². The Morgan fingerprint density at radius 3 is 2.90 bits per heavy atom. The molecule has 0 radical (unpaired) electrons. The maximum atomic E-state index is 12.8. The van der Waals surface area contributed by atoms with Gasteiger partial charge >= 0.3 is 7.82 Å². The topological polar surface area (TPSA) is 118 Å². The number of hydrogen-bond donors (Lipinski definition) is 1. The van der Waals surface area contributed by atoms with Crippen LogP contribution in [0.4, 0.5) is 0 Å². The number of aromatic nitrogens is 4. The van der Waals surface area contributed by atoms with Crippen molar-refractivity contribution in [2.45, 2.75) is 77.2 Å². The van der Waals surface area contributed by atoms with Gasteiger partial charge < -0.3 is 9.72 Å². The predicted molar refractivity (Wildman–Crippen MR) is 109 cm³/mol. The van der Waals surface area contributed by atoms with Gasteiger partial charge in [-0.3, -0.25) is 22.9 Å². The molecule has 2 aromatic rings. The maximum absolute atomic E-state index is 12.8. The van der Waals surface area contributed by atoms with E-state index >= 15 is 0 Å². The Hall–Kier alpha value is -1.58. The first kappa shape index (κ1) is 21.6. The Labute approximate surface area is 174 Å². The van der Waals surface area contributed by atoms with Crippen LogP contribution in [0, 0.1) is 6.92 Å². The molecule has 2 aliphatic rings. The first-order chi connectivity index (χ1) is 14.5. The number of nitrogens with one attached hydrogen (secondary N) is 1. The summed E-state index contributed by atoms with van der Waals surface area (Å²) >= 11 is 0. The fraction of sp³-hybridized carbons (Fsp3) is 0.737. The van der Waals surface area contributed by atoms with Crippen molar-refractivity contribution in [1.29, 1.82) is 0 Å². The quantitative estimate of drug-likeness (QED) is 0.464. The molecule has 30 heavy (non-hydrogen) atoms. The SMILES string of the molecule is CCCCCCCCOP1(=O)OC[C@H]2O[C@@H](n3cnc4c(=O)[nH]c(C)nc43)C[C@@H]2O1. The summed E-state index contributed by atoms with van der Waals surface area (Å²) in [5.74, 6) is 0.497. The highest BCUT2D eigenvalue weighted by atomic mass is 31.2. The molecule has 4 heterocycles. The lowest BCUT2D eigenvalue weighted by atomic mass is 10.1. The van der Waals surface area contributed by atoms with Gasteiger partial charge in [0.15, 0.2) is 11.2 Å². The highest BCUT2D eigenvalue weighted by molar-refractivity contribution is 7.48. The number of hydrogen-bond acceptors (Lipinski definition) is 8. The number of aromatic amines is 1. The highest BCUT2D eigenvalue weighted by Gasteiger charge is 2.48. The first-order valence-electron chi connectivity index (χ1n) is 10.7. The zero-order valence-corrected chi connectivity index (χ0v) is 18.3. The van der Waals surface area contributed by atoms with E-state index in [1.54, 1.807) is 11.5 Å². The molecule has 1 N–H and O–H groups in total. The van der Waals surface area contributed by atoms with Crippen LogP contribution in [0.1, 0.15) is 63.9 Å². The van der Waals surface area contributed by atoms with Crippen LogP contribution in [0.25, 0.3) is 11.2 Å². The lowest BCUT2D eigenvalue weighted by Crippen LogP contribution is -2.33. The number of phosphoric ester groups is 1. The van der Waals surface area contributed by atoms with Gasteiger partial charge in [-0.1, -0.05) is 39.0 Å². The Bertz CT molecular complexity index is 976. The number of imidazole rings is 1. The van der Waals surface area contributed by atoms with Gasteiger partial charge in [-0.2, -0.15) is 0 Å². The van der Waals surface area contributed by atoms with Gasteiger partial charge in [0.2, 0.25) is 0 Å². The Balaban J connectivity index is 1.34. The second kappa shape index (κ2) is 9.28. The Morgan fingerprint density at radius 1 is 1.27 bits per heavy atom. The molecule has 0 saturated carbocycles. The largest absolute Gasteiger partial charge is 0.475 e. The van der Waals surface area contributed by atoms with Gasteiger partial charge in [0.1, 0.15) is 24.3 Å². The molecule has 2 aromatic heterocycles. The summed E-state index contributed by atoms with van der Waals surface area (Å²) in [6.45, 7) is 4.38. The van der Waals surface area contributed by atoms with E-state index in [-0.39, 0.29) is 23.8 Å². The van der Waals surface area contributed by atoms with Crippen molar-refractivity contribution in [3.8, 4) is 0 Å². The van der Waals surface area contributed by atoms with Gasteiger partial charge in [0, 0.05) is 6.42 Å². The van der Waals surface area contributed by atoms with Crippen molar-refractivity contribution < 1.29 is 22.9 Å². The monoisotopic (exact) mass is 440 g/mol. The van der Waals surface area contributed by atoms with E-state index in [2.05, 4.69) is 21.9 Å². The standard InChI is InChI=1S/C19H29N4O6P/c1-3-4-5-6-7-8-9-26-30(25)27-11-15-14(29-30)10-16(28-15)23-12-20-17-18(23)21-13(2)22-19(17)24/h12,14-16H,3-11H2,1-2H3,(H,21,22,24)/t14-,15+,16+,30?/m0/s1. The molecule has 166 valence electrons. The second-order valence-electron chi connectivity index (χ2n) is 7.83. The maximum Gasteiger partial charge on any atom is 0.475 e. The van der Waals surface area contributed by atoms with Crippen LogP contribution in [0.3, 0.4) is 0 Å². The van der Waals surface area contributed by atoms with Gasteiger partial charge in [0.05, 0.1) is 19.5 Å². The molecule has 10 nitrogen and oxygen atoms in total. The second-order valence-corrected chi connectivity index (χ2v) is 9.45. The smallest absolute Gasteiger partial charge is 0.349 e. The van der Waals surface area contributed by atoms with Crippen LogP contribution >= 0.6 is 7.82 Å². The third-order valence-corrected chi connectivity index (χ3v) is 6.94. The zero-order valence-electron chi connectivity index (χ0n) is 17.4. The molecule has 4 rings (SSSR count). The number of unbranched alkanes of at least 4 members (excludes halogenated alkanes) is 5. The summed E-state index contributed by atoms with van der Waals surface area (Å²) < 4.78 is 37.1. The Kier molecular flexibility index (Phi) is 6.69. The van der Waals surface area contributed by atoms with Crippen LogP contribution in [0.15, 0.2) is 11.1 Å². The Morgan fingerprint density at radius 2 is 2.07 bits per heavy atom. The van der Waals surface area contributed by atoms with E-state index in [4.69, 9.17) is 18.3 Å². The molecule has 0 spiro atoms. The average molecular weight is 440 g/mol. The molecule has 0 aromatic carbocycles. The van der Waals surface area contributed by atoms with Crippen LogP contribution in [-0.4, -0.2) is 44.9 Å². The lowest BCUT2D eigenvalue weighted by Gasteiger charge is -2.29. The molecular formula is C19H29N4O6P. The summed E-state index contributed by atoms with van der Waals surface area (Å²) in [6, 6.07) is 0. The average Bonchev–Trinajstić information content (AvgIpc) is 3.30. The van der Waals surface area contributed by atoms with Crippen molar-refractivity contribution >= 4 is 19.0 Å². The van der Waals surface area contributed by atoms with Crippen LogP contribution in [-0.2, 0) is 22.9 Å². The molecule has 0 bridgehead atoms. The first-order valence-corrected chi connectivity index (χ1v) is 12.1. The van der Waals surface area contributed by atoms with Crippen molar-refractivity contribution in [3.63, 3.8) is 0 Å². The summed E-state index contributed by atoms with van der Waals surface area (Å²) in [5.41, 5.74) is 0.409. The minimum Gasteiger partial charge on any atom is -0.349 e. The van der Waals surface area contributed by atoms with Crippen molar-refractivity contribution in [2.75, 3.05) is 13.2 Å². The minimum absolute atomic E-state index is 0.134. The number of rotatable bonds is 9. The molecule has 1 unspecified atom stereocenters. The van der Waals surface area contributed by atoms with E-state index in [1.807, 2.05) is 0 Å². The van der Waals surface area contributed by atoms with Crippen molar-refractivity contribution in [2.24, 2.45) is 0 Å². The number of H-pyrrole nitrogens is 1. The van der Waals surface area contributed by atoms with Gasteiger partial charge in [0.25, 0.3) is 5.56 Å². The summed E-state index contributed by atoms with van der Waals surface area (Å²) in [7, 11) is -3.59. The third-order valence-electron chi connectivity index (χ3n) is 5.45. The highest BCUT2D eigenvalue weighted by Crippen LogP contribution is 2.56. The van der Waals surface area contributed by atoms with Crippen LogP contribution in [0.2, 0.25) is 0 Å². The van der Waals surface area contributed by atoms with Gasteiger partial charge in [-0.15, -0.1) is 0 Å². The predicted octanol–water partition coefficient (Wildman–Crippen LogP) is 3.62. The minimum atomic E-state index is -3.59. The fourth-order valence-corrected chi connectivity index (χ4v) is 5.30. The van der Waals surface area contributed by atoms with Crippen molar-refractivity contribution in [1.82, 2.24) is 19.5 Å².